The molecule has 0 saturated carbocycles. The average molecular weight is 365 g/mol. The van der Waals surface area contributed by atoms with E-state index in [-0.39, 0.29) is 22.9 Å². The first-order chi connectivity index (χ1) is 11.5. The van der Waals surface area contributed by atoms with Crippen molar-refractivity contribution in [3.63, 3.8) is 0 Å². The van der Waals surface area contributed by atoms with Gasteiger partial charge in [-0.25, -0.2) is 10.4 Å². The molecule has 0 aliphatic rings. The summed E-state index contributed by atoms with van der Waals surface area (Å²) >= 11 is 11.7. The maximum absolute atomic E-state index is 12.0. The van der Waals surface area contributed by atoms with Crippen LogP contribution in [0, 0.1) is 0 Å². The van der Waals surface area contributed by atoms with Gasteiger partial charge in [0.2, 0.25) is 5.91 Å². The molecule has 124 valence electrons. The number of carbonyl (C=O) groups excluding carboxylic acids is 2. The number of hydrogen-bond acceptors (Lipinski definition) is 4. The summed E-state index contributed by atoms with van der Waals surface area (Å²) in [7, 11) is 0. The second-order valence-corrected chi connectivity index (χ2v) is 5.70. The van der Waals surface area contributed by atoms with Gasteiger partial charge in [-0.15, -0.1) is 0 Å². The van der Waals surface area contributed by atoms with Crippen LogP contribution >= 0.6 is 23.2 Å². The zero-order chi connectivity index (χ0) is 17.5. The van der Waals surface area contributed by atoms with Crippen LogP contribution in [0.2, 0.25) is 10.0 Å². The van der Waals surface area contributed by atoms with Gasteiger partial charge in [-0.1, -0.05) is 29.3 Å². The summed E-state index contributed by atoms with van der Waals surface area (Å²) in [5.41, 5.74) is 3.03. The Bertz CT molecular complexity index is 779. The Morgan fingerprint density at radius 1 is 1.21 bits per heavy atom. The van der Waals surface area contributed by atoms with E-state index in [1.807, 2.05) is 0 Å². The van der Waals surface area contributed by atoms with E-state index >= 15 is 0 Å². The van der Waals surface area contributed by atoms with E-state index in [9.17, 15) is 9.59 Å². The van der Waals surface area contributed by atoms with Gasteiger partial charge in [-0.2, -0.15) is 5.10 Å². The Morgan fingerprint density at radius 3 is 2.67 bits per heavy atom. The lowest BCUT2D eigenvalue weighted by atomic mass is 10.2. The number of aromatic nitrogens is 1. The van der Waals surface area contributed by atoms with Gasteiger partial charge < -0.3 is 5.32 Å². The zero-order valence-electron chi connectivity index (χ0n) is 12.7. The first-order valence-electron chi connectivity index (χ1n) is 6.95. The Labute approximate surface area is 148 Å². The third-order valence-electron chi connectivity index (χ3n) is 2.87. The van der Waals surface area contributed by atoms with Gasteiger partial charge in [0.15, 0.2) is 0 Å². The van der Waals surface area contributed by atoms with Crippen molar-refractivity contribution in [2.24, 2.45) is 5.10 Å². The molecule has 0 fully saturated rings. The standard InChI is InChI=1S/C16H14Cl2N4O2/c1-10(8-15(23)20-14-4-2-3-7-19-14)21-22-16(24)12-6-5-11(17)9-13(12)18/h2-7,9H,8H2,1H3,(H,22,24)(H,19,20,23)/b21-10-. The number of benzene rings is 1. The van der Waals surface area contributed by atoms with Crippen LogP contribution in [0.4, 0.5) is 5.82 Å². The van der Waals surface area contributed by atoms with Gasteiger partial charge in [-0.05, 0) is 37.3 Å². The molecule has 0 spiro atoms. The Balaban J connectivity index is 1.91. The molecular formula is C16H14Cl2N4O2. The summed E-state index contributed by atoms with van der Waals surface area (Å²) in [6.45, 7) is 1.63. The lowest BCUT2D eigenvalue weighted by Crippen LogP contribution is -2.22. The van der Waals surface area contributed by atoms with E-state index in [0.29, 0.717) is 16.6 Å². The molecule has 2 N–H and O–H groups in total. The maximum Gasteiger partial charge on any atom is 0.272 e. The fourth-order valence-corrected chi connectivity index (χ4v) is 2.27. The molecule has 1 aromatic heterocycles. The van der Waals surface area contributed by atoms with Gasteiger partial charge in [-0.3, -0.25) is 9.59 Å². The molecule has 1 aromatic carbocycles. The highest BCUT2D eigenvalue weighted by atomic mass is 35.5. The molecule has 24 heavy (non-hydrogen) atoms. The van der Waals surface area contributed by atoms with E-state index < -0.39 is 5.91 Å². The summed E-state index contributed by atoms with van der Waals surface area (Å²) < 4.78 is 0. The number of hydrogen-bond donors (Lipinski definition) is 2. The summed E-state index contributed by atoms with van der Waals surface area (Å²) in [5, 5.41) is 7.17. The molecule has 2 rings (SSSR count). The summed E-state index contributed by atoms with van der Waals surface area (Å²) in [6.07, 6.45) is 1.60. The van der Waals surface area contributed by atoms with E-state index in [1.54, 1.807) is 37.4 Å². The van der Waals surface area contributed by atoms with Crippen molar-refractivity contribution in [3.8, 4) is 0 Å². The minimum Gasteiger partial charge on any atom is -0.310 e. The lowest BCUT2D eigenvalue weighted by molar-refractivity contribution is -0.115. The molecule has 0 aliphatic heterocycles. The predicted octanol–water partition coefficient (Wildman–Crippen LogP) is 3.52. The van der Waals surface area contributed by atoms with Crippen molar-refractivity contribution in [2.75, 3.05) is 5.32 Å². The van der Waals surface area contributed by atoms with Gasteiger partial charge in [0.25, 0.3) is 5.91 Å². The van der Waals surface area contributed by atoms with E-state index in [1.165, 1.54) is 12.1 Å². The number of rotatable bonds is 5. The molecule has 2 amide bonds. The number of nitrogens with zero attached hydrogens (tertiary/aromatic N) is 2. The maximum atomic E-state index is 12.0. The van der Waals surface area contributed by atoms with E-state index in [2.05, 4.69) is 20.8 Å². The van der Waals surface area contributed by atoms with Gasteiger partial charge in [0, 0.05) is 16.9 Å². The minimum absolute atomic E-state index is 0.0191. The molecule has 0 radical (unpaired) electrons. The summed E-state index contributed by atoms with van der Waals surface area (Å²) in [4.78, 5) is 27.8. The Morgan fingerprint density at radius 2 is 2.00 bits per heavy atom. The second kappa shape index (κ2) is 8.42. The van der Waals surface area contributed by atoms with Crippen LogP contribution in [0.1, 0.15) is 23.7 Å². The molecule has 8 heteroatoms. The van der Waals surface area contributed by atoms with E-state index in [0.717, 1.165) is 0 Å². The first kappa shape index (κ1) is 17.9. The quantitative estimate of drug-likeness (QED) is 0.628. The zero-order valence-corrected chi connectivity index (χ0v) is 14.2. The Hall–Kier alpha value is -2.44. The fraction of sp³-hybridized carbons (Fsp3) is 0.125. The average Bonchev–Trinajstić information content (AvgIpc) is 2.53. The van der Waals surface area contributed by atoms with Crippen LogP contribution in [0.5, 0.6) is 0 Å². The largest absolute Gasteiger partial charge is 0.310 e. The monoisotopic (exact) mass is 364 g/mol. The summed E-state index contributed by atoms with van der Waals surface area (Å²) in [5.74, 6) is -0.317. The topological polar surface area (TPSA) is 83.4 Å². The molecular weight excluding hydrogens is 351 g/mol. The van der Waals surface area contributed by atoms with Crippen molar-refractivity contribution in [2.45, 2.75) is 13.3 Å². The number of pyridine rings is 1. The number of hydrazone groups is 1. The van der Waals surface area contributed by atoms with Crippen LogP contribution in [0.25, 0.3) is 0 Å². The molecule has 1 heterocycles. The lowest BCUT2D eigenvalue weighted by Gasteiger charge is -2.05. The molecule has 0 atom stereocenters. The Kier molecular flexibility index (Phi) is 6.28. The molecule has 0 bridgehead atoms. The van der Waals surface area contributed by atoms with Crippen molar-refractivity contribution >= 4 is 46.5 Å². The summed E-state index contributed by atoms with van der Waals surface area (Å²) in [6, 6.07) is 9.71. The fourth-order valence-electron chi connectivity index (χ4n) is 1.78. The molecule has 6 nitrogen and oxygen atoms in total. The van der Waals surface area contributed by atoms with Gasteiger partial charge >= 0.3 is 0 Å². The van der Waals surface area contributed by atoms with Gasteiger partial charge in [0.05, 0.1) is 17.0 Å². The van der Waals surface area contributed by atoms with Crippen molar-refractivity contribution in [1.82, 2.24) is 10.4 Å². The third-order valence-corrected chi connectivity index (χ3v) is 3.42. The smallest absolute Gasteiger partial charge is 0.272 e. The van der Waals surface area contributed by atoms with Crippen molar-refractivity contribution in [1.29, 1.82) is 0 Å². The number of halogens is 2. The number of carbonyl (C=O) groups is 2. The van der Waals surface area contributed by atoms with Crippen LogP contribution in [-0.2, 0) is 4.79 Å². The molecule has 0 unspecified atom stereocenters. The molecule has 0 saturated heterocycles. The highest BCUT2D eigenvalue weighted by Gasteiger charge is 2.11. The van der Waals surface area contributed by atoms with Crippen LogP contribution in [-0.4, -0.2) is 22.5 Å². The highest BCUT2D eigenvalue weighted by Crippen LogP contribution is 2.20. The van der Waals surface area contributed by atoms with Gasteiger partial charge in [0.1, 0.15) is 5.82 Å². The second-order valence-electron chi connectivity index (χ2n) is 4.85. The van der Waals surface area contributed by atoms with Crippen LogP contribution in [0.15, 0.2) is 47.7 Å². The predicted molar refractivity (Wildman–Crippen MR) is 94.5 cm³/mol. The minimum atomic E-state index is -0.485. The number of anilines is 1. The molecule has 0 aliphatic carbocycles. The number of nitrogens with one attached hydrogen (secondary N) is 2. The van der Waals surface area contributed by atoms with Crippen LogP contribution in [0.3, 0.4) is 0 Å². The first-order valence-corrected chi connectivity index (χ1v) is 7.70. The van der Waals surface area contributed by atoms with E-state index in [4.69, 9.17) is 23.2 Å². The van der Waals surface area contributed by atoms with Crippen molar-refractivity contribution in [3.05, 3.63) is 58.2 Å². The van der Waals surface area contributed by atoms with Crippen LogP contribution < -0.4 is 10.7 Å². The SMILES string of the molecule is C/C(CC(=O)Nc1ccccn1)=N/NC(=O)c1ccc(Cl)cc1Cl. The normalized spacial score (nSPS) is 11.0. The highest BCUT2D eigenvalue weighted by molar-refractivity contribution is 6.36. The number of amides is 2. The third kappa shape index (κ3) is 5.33. The van der Waals surface area contributed by atoms with Crippen molar-refractivity contribution < 1.29 is 9.59 Å². The molecule has 2 aromatic rings.